The van der Waals surface area contributed by atoms with Gasteiger partial charge in [-0.3, -0.25) is 9.69 Å². The van der Waals surface area contributed by atoms with Crippen molar-refractivity contribution in [1.29, 1.82) is 5.26 Å². The number of rotatable bonds is 7. The van der Waals surface area contributed by atoms with Crippen molar-refractivity contribution in [2.75, 3.05) is 37.6 Å². The van der Waals surface area contributed by atoms with E-state index in [1.54, 1.807) is 12.1 Å². The van der Waals surface area contributed by atoms with Crippen LogP contribution in [-0.4, -0.2) is 43.5 Å². The third-order valence-corrected chi connectivity index (χ3v) is 6.02. The molecular weight excluding hydrogens is 415 g/mol. The van der Waals surface area contributed by atoms with Crippen LogP contribution in [0.25, 0.3) is 0 Å². The minimum absolute atomic E-state index is 0.00766. The summed E-state index contributed by atoms with van der Waals surface area (Å²) in [4.78, 5) is 17.0. The van der Waals surface area contributed by atoms with Gasteiger partial charge in [-0.05, 0) is 29.3 Å². The fourth-order valence-electron chi connectivity index (χ4n) is 4.19. The van der Waals surface area contributed by atoms with Gasteiger partial charge in [0.05, 0.1) is 23.4 Å². The highest BCUT2D eigenvalue weighted by Gasteiger charge is 2.21. The number of hydrogen-bond acceptors (Lipinski definition) is 4. The van der Waals surface area contributed by atoms with Gasteiger partial charge in [-0.2, -0.15) is 5.26 Å². The number of piperazine rings is 1. The van der Waals surface area contributed by atoms with Gasteiger partial charge in [-0.1, -0.05) is 60.7 Å². The number of nitrogens with one attached hydrogen (secondary N) is 1. The number of anilines is 1. The third-order valence-electron chi connectivity index (χ3n) is 6.02. The maximum Gasteiger partial charge on any atom is 0.222 e. The first-order chi connectivity index (χ1) is 16.1. The van der Waals surface area contributed by atoms with Crippen LogP contribution in [0.1, 0.15) is 29.2 Å². The molecule has 33 heavy (non-hydrogen) atoms. The number of nitrogens with zero attached hydrogens (tertiary/aromatic N) is 3. The van der Waals surface area contributed by atoms with Crippen molar-refractivity contribution in [2.45, 2.75) is 12.5 Å². The van der Waals surface area contributed by atoms with Gasteiger partial charge in [0, 0.05) is 39.1 Å². The van der Waals surface area contributed by atoms with Crippen molar-refractivity contribution in [3.8, 4) is 6.07 Å². The van der Waals surface area contributed by atoms with Crippen molar-refractivity contribution in [3.05, 3.63) is 101 Å². The maximum absolute atomic E-state index is 14.3. The molecule has 0 atom stereocenters. The van der Waals surface area contributed by atoms with E-state index in [0.29, 0.717) is 37.3 Å². The SMILES string of the molecule is N#Cc1ccc(N2CCN(CCC(=O)NC(c3ccccc3)c3ccccc3)CC2)c(F)c1. The van der Waals surface area contributed by atoms with E-state index in [-0.39, 0.29) is 17.8 Å². The molecule has 3 aromatic carbocycles. The second-order valence-corrected chi connectivity index (χ2v) is 8.18. The zero-order valence-corrected chi connectivity index (χ0v) is 18.5. The summed E-state index contributed by atoms with van der Waals surface area (Å²) in [5.41, 5.74) is 2.95. The fraction of sp³-hybridized carbons (Fsp3) is 0.259. The van der Waals surface area contributed by atoms with E-state index in [0.717, 1.165) is 24.2 Å². The number of benzene rings is 3. The van der Waals surface area contributed by atoms with E-state index in [9.17, 15) is 9.18 Å². The Hall–Kier alpha value is -3.69. The number of halogens is 1. The molecule has 168 valence electrons. The van der Waals surface area contributed by atoms with Crippen molar-refractivity contribution in [1.82, 2.24) is 10.2 Å². The Bertz CT molecular complexity index is 1070. The average Bonchev–Trinajstić information content (AvgIpc) is 2.87. The summed E-state index contributed by atoms with van der Waals surface area (Å²) >= 11 is 0. The molecule has 0 radical (unpaired) electrons. The monoisotopic (exact) mass is 442 g/mol. The van der Waals surface area contributed by atoms with Crippen LogP contribution in [0, 0.1) is 17.1 Å². The minimum Gasteiger partial charge on any atom is -0.367 e. The number of amides is 1. The molecule has 1 saturated heterocycles. The fourth-order valence-corrected chi connectivity index (χ4v) is 4.19. The zero-order valence-electron chi connectivity index (χ0n) is 18.5. The molecule has 6 heteroatoms. The van der Waals surface area contributed by atoms with Crippen LogP contribution >= 0.6 is 0 Å². The van der Waals surface area contributed by atoms with Crippen LogP contribution in [0.2, 0.25) is 0 Å². The summed E-state index contributed by atoms with van der Waals surface area (Å²) in [6.07, 6.45) is 0.404. The van der Waals surface area contributed by atoms with E-state index < -0.39 is 0 Å². The predicted molar refractivity (Wildman–Crippen MR) is 127 cm³/mol. The van der Waals surface area contributed by atoms with Crippen molar-refractivity contribution in [2.24, 2.45) is 0 Å². The van der Waals surface area contributed by atoms with Crippen LogP contribution in [0.15, 0.2) is 78.9 Å². The van der Waals surface area contributed by atoms with Gasteiger partial charge < -0.3 is 10.2 Å². The van der Waals surface area contributed by atoms with Gasteiger partial charge >= 0.3 is 0 Å². The molecule has 1 fully saturated rings. The topological polar surface area (TPSA) is 59.4 Å². The van der Waals surface area contributed by atoms with Gasteiger partial charge in [0.15, 0.2) is 0 Å². The highest BCUT2D eigenvalue weighted by atomic mass is 19.1. The molecule has 0 unspecified atom stereocenters. The molecule has 0 aromatic heterocycles. The normalized spacial score (nSPS) is 14.2. The molecule has 1 amide bonds. The van der Waals surface area contributed by atoms with Crippen molar-refractivity contribution < 1.29 is 9.18 Å². The lowest BCUT2D eigenvalue weighted by molar-refractivity contribution is -0.121. The third kappa shape index (κ3) is 5.76. The lowest BCUT2D eigenvalue weighted by atomic mass is 9.98. The molecule has 3 aromatic rings. The van der Waals surface area contributed by atoms with Gasteiger partial charge in [0.1, 0.15) is 5.82 Å². The highest BCUT2D eigenvalue weighted by molar-refractivity contribution is 5.77. The molecule has 1 aliphatic heterocycles. The van der Waals surface area contributed by atoms with Gasteiger partial charge in [0.25, 0.3) is 0 Å². The molecule has 0 spiro atoms. The van der Waals surface area contributed by atoms with Gasteiger partial charge in [0.2, 0.25) is 5.91 Å². The van der Waals surface area contributed by atoms with Crippen LogP contribution < -0.4 is 10.2 Å². The highest BCUT2D eigenvalue weighted by Crippen LogP contribution is 2.23. The van der Waals surface area contributed by atoms with Crippen LogP contribution in [0.3, 0.4) is 0 Å². The van der Waals surface area contributed by atoms with E-state index >= 15 is 0 Å². The quantitative estimate of drug-likeness (QED) is 0.598. The zero-order chi connectivity index (χ0) is 23.0. The first-order valence-corrected chi connectivity index (χ1v) is 11.2. The number of carbonyl (C=O) groups is 1. The molecule has 1 N–H and O–H groups in total. The van der Waals surface area contributed by atoms with Gasteiger partial charge in [-0.15, -0.1) is 0 Å². The number of hydrogen-bond donors (Lipinski definition) is 1. The Balaban J connectivity index is 1.30. The second-order valence-electron chi connectivity index (χ2n) is 8.18. The summed E-state index contributed by atoms with van der Waals surface area (Å²) in [7, 11) is 0. The Morgan fingerprint density at radius 1 is 0.939 bits per heavy atom. The number of nitriles is 1. The van der Waals surface area contributed by atoms with E-state index in [1.807, 2.05) is 71.6 Å². The Labute approximate surface area is 194 Å². The van der Waals surface area contributed by atoms with Crippen molar-refractivity contribution in [3.63, 3.8) is 0 Å². The second kappa shape index (κ2) is 10.8. The van der Waals surface area contributed by atoms with Crippen LogP contribution in [0.5, 0.6) is 0 Å². The van der Waals surface area contributed by atoms with E-state index in [2.05, 4.69) is 10.2 Å². The average molecular weight is 443 g/mol. The predicted octanol–water partition coefficient (Wildman–Crippen LogP) is 4.12. The molecule has 0 bridgehead atoms. The molecular formula is C27H27FN4O. The smallest absolute Gasteiger partial charge is 0.222 e. The van der Waals surface area contributed by atoms with E-state index in [1.165, 1.54) is 6.07 Å². The molecule has 5 nitrogen and oxygen atoms in total. The van der Waals surface area contributed by atoms with Crippen LogP contribution in [0.4, 0.5) is 10.1 Å². The molecule has 0 aliphatic carbocycles. The first-order valence-electron chi connectivity index (χ1n) is 11.2. The number of carbonyl (C=O) groups excluding carboxylic acids is 1. The maximum atomic E-state index is 14.3. The van der Waals surface area contributed by atoms with E-state index in [4.69, 9.17) is 5.26 Å². The molecule has 1 aliphatic rings. The lowest BCUT2D eigenvalue weighted by Gasteiger charge is -2.36. The van der Waals surface area contributed by atoms with Crippen molar-refractivity contribution >= 4 is 11.6 Å². The summed E-state index contributed by atoms with van der Waals surface area (Å²) in [5, 5.41) is 12.1. The standard InChI is InChI=1S/C27H27FN4O/c28-24-19-21(20-29)11-12-25(24)32-17-15-31(16-18-32)14-13-26(33)30-27(22-7-3-1-4-8-22)23-9-5-2-6-10-23/h1-12,19,27H,13-18H2,(H,30,33). The summed E-state index contributed by atoms with van der Waals surface area (Å²) in [6.45, 7) is 3.54. The lowest BCUT2D eigenvalue weighted by Crippen LogP contribution is -2.47. The molecule has 1 heterocycles. The van der Waals surface area contributed by atoms with Gasteiger partial charge in [-0.25, -0.2) is 4.39 Å². The van der Waals surface area contributed by atoms with Crippen LogP contribution in [-0.2, 0) is 4.79 Å². The summed E-state index contributed by atoms with van der Waals surface area (Å²) < 4.78 is 14.3. The Morgan fingerprint density at radius 2 is 1.55 bits per heavy atom. The Morgan fingerprint density at radius 3 is 2.09 bits per heavy atom. The largest absolute Gasteiger partial charge is 0.367 e. The minimum atomic E-state index is -0.366. The molecule has 0 saturated carbocycles. The summed E-state index contributed by atoms with van der Waals surface area (Å²) in [6, 6.07) is 26.3. The molecule has 4 rings (SSSR count). The summed E-state index contributed by atoms with van der Waals surface area (Å²) in [5.74, 6) is -0.358. The first kappa shape index (κ1) is 22.5. The Kier molecular flexibility index (Phi) is 7.33.